The van der Waals surface area contributed by atoms with Crippen LogP contribution in [0.2, 0.25) is 0 Å². The second-order valence-corrected chi connectivity index (χ2v) is 4.83. The van der Waals surface area contributed by atoms with E-state index in [1.54, 1.807) is 10.7 Å². The number of nitrogens with two attached hydrogens (primary N) is 1. The van der Waals surface area contributed by atoms with Gasteiger partial charge in [0, 0.05) is 25.2 Å². The van der Waals surface area contributed by atoms with Gasteiger partial charge in [0.2, 0.25) is 0 Å². The molecule has 1 aromatic heterocycles. The molecule has 18 heavy (non-hydrogen) atoms. The molecule has 5 nitrogen and oxygen atoms in total. The summed E-state index contributed by atoms with van der Waals surface area (Å²) in [6.07, 6.45) is 4.44. The van der Waals surface area contributed by atoms with Crippen LogP contribution in [0.3, 0.4) is 0 Å². The number of aromatic nitrogens is 2. The third kappa shape index (κ3) is 2.35. The average molecular weight is 250 g/mol. The highest BCUT2D eigenvalue weighted by atomic mass is 16.2. The van der Waals surface area contributed by atoms with Gasteiger partial charge in [0.05, 0.1) is 0 Å². The quantitative estimate of drug-likeness (QED) is 0.891. The SMILES string of the molecule is CC[C@H]1CCCCN1C(=O)c1cc(N)nn1CC. The van der Waals surface area contributed by atoms with E-state index in [4.69, 9.17) is 5.73 Å². The van der Waals surface area contributed by atoms with Crippen molar-refractivity contribution in [1.29, 1.82) is 0 Å². The third-order valence-corrected chi connectivity index (χ3v) is 3.68. The van der Waals surface area contributed by atoms with Crippen molar-refractivity contribution in [2.75, 3.05) is 12.3 Å². The van der Waals surface area contributed by atoms with E-state index in [-0.39, 0.29) is 5.91 Å². The van der Waals surface area contributed by atoms with E-state index in [0.717, 1.165) is 25.8 Å². The summed E-state index contributed by atoms with van der Waals surface area (Å²) in [5.74, 6) is 0.498. The van der Waals surface area contributed by atoms with E-state index >= 15 is 0 Å². The zero-order valence-electron chi connectivity index (χ0n) is 11.2. The van der Waals surface area contributed by atoms with E-state index < -0.39 is 0 Å². The third-order valence-electron chi connectivity index (χ3n) is 3.68. The van der Waals surface area contributed by atoms with E-state index in [2.05, 4.69) is 12.0 Å². The standard InChI is InChI=1S/C13H22N4O/c1-3-10-7-5-6-8-16(10)13(18)11-9-12(14)15-17(11)4-2/h9-10H,3-8H2,1-2H3,(H2,14,15)/t10-/m0/s1. The Kier molecular flexibility index (Phi) is 3.89. The lowest BCUT2D eigenvalue weighted by molar-refractivity contribution is 0.0595. The Morgan fingerprint density at radius 2 is 2.28 bits per heavy atom. The van der Waals surface area contributed by atoms with Crippen LogP contribution in [0, 0.1) is 0 Å². The minimum Gasteiger partial charge on any atom is -0.382 e. The maximum Gasteiger partial charge on any atom is 0.272 e. The lowest BCUT2D eigenvalue weighted by Gasteiger charge is -2.35. The normalized spacial score (nSPS) is 20.1. The molecule has 2 rings (SSSR count). The fourth-order valence-corrected chi connectivity index (χ4v) is 2.69. The van der Waals surface area contributed by atoms with Crippen LogP contribution in [0.15, 0.2) is 6.07 Å². The summed E-state index contributed by atoms with van der Waals surface area (Å²) in [6, 6.07) is 2.06. The summed E-state index contributed by atoms with van der Waals surface area (Å²) < 4.78 is 1.69. The first-order valence-corrected chi connectivity index (χ1v) is 6.81. The van der Waals surface area contributed by atoms with Crippen LogP contribution >= 0.6 is 0 Å². The first kappa shape index (κ1) is 12.9. The molecular formula is C13H22N4O. The number of piperidine rings is 1. The Bertz CT molecular complexity index is 427. The lowest BCUT2D eigenvalue weighted by Crippen LogP contribution is -2.44. The molecule has 0 spiro atoms. The zero-order chi connectivity index (χ0) is 13.1. The van der Waals surface area contributed by atoms with Crippen molar-refractivity contribution in [3.05, 3.63) is 11.8 Å². The summed E-state index contributed by atoms with van der Waals surface area (Å²) in [5.41, 5.74) is 6.31. The predicted molar refractivity (Wildman–Crippen MR) is 71.3 cm³/mol. The average Bonchev–Trinajstić information content (AvgIpc) is 2.79. The van der Waals surface area contributed by atoms with Gasteiger partial charge in [-0.2, -0.15) is 5.10 Å². The Morgan fingerprint density at radius 3 is 2.94 bits per heavy atom. The maximum atomic E-state index is 12.6. The summed E-state index contributed by atoms with van der Waals surface area (Å²) >= 11 is 0. The zero-order valence-corrected chi connectivity index (χ0v) is 11.2. The summed E-state index contributed by atoms with van der Waals surface area (Å²) in [7, 11) is 0. The highest BCUT2D eigenvalue weighted by Gasteiger charge is 2.28. The summed E-state index contributed by atoms with van der Waals surface area (Å²) in [4.78, 5) is 14.6. The summed E-state index contributed by atoms with van der Waals surface area (Å²) in [5, 5.41) is 4.14. The second-order valence-electron chi connectivity index (χ2n) is 4.83. The topological polar surface area (TPSA) is 64.2 Å². The van der Waals surface area contributed by atoms with Crippen molar-refractivity contribution in [3.8, 4) is 0 Å². The van der Waals surface area contributed by atoms with Gasteiger partial charge in [-0.15, -0.1) is 0 Å². The van der Waals surface area contributed by atoms with Crippen LogP contribution in [-0.4, -0.2) is 33.2 Å². The smallest absolute Gasteiger partial charge is 0.272 e. The van der Waals surface area contributed by atoms with Crippen molar-refractivity contribution in [1.82, 2.24) is 14.7 Å². The molecule has 0 aromatic carbocycles. The van der Waals surface area contributed by atoms with Gasteiger partial charge in [-0.25, -0.2) is 0 Å². The Hall–Kier alpha value is -1.52. The first-order chi connectivity index (χ1) is 8.67. The minimum absolute atomic E-state index is 0.0765. The molecule has 1 aliphatic rings. The molecule has 0 radical (unpaired) electrons. The molecule has 0 saturated carbocycles. The first-order valence-electron chi connectivity index (χ1n) is 6.81. The Balaban J connectivity index is 2.23. The number of rotatable bonds is 3. The molecule has 2 heterocycles. The van der Waals surface area contributed by atoms with Gasteiger partial charge in [0.15, 0.2) is 0 Å². The number of aryl methyl sites for hydroxylation is 1. The van der Waals surface area contributed by atoms with Crippen molar-refractivity contribution in [2.45, 2.75) is 52.1 Å². The van der Waals surface area contributed by atoms with E-state index in [0.29, 0.717) is 24.1 Å². The number of carbonyl (C=O) groups excluding carboxylic acids is 1. The minimum atomic E-state index is 0.0765. The number of hydrogen-bond acceptors (Lipinski definition) is 3. The molecule has 1 amide bonds. The molecule has 2 N–H and O–H groups in total. The van der Waals surface area contributed by atoms with E-state index in [1.807, 2.05) is 11.8 Å². The van der Waals surface area contributed by atoms with Gasteiger partial charge in [-0.05, 0) is 32.6 Å². The Morgan fingerprint density at radius 1 is 1.50 bits per heavy atom. The van der Waals surface area contributed by atoms with Gasteiger partial charge in [-0.1, -0.05) is 6.92 Å². The van der Waals surface area contributed by atoms with Crippen molar-refractivity contribution in [3.63, 3.8) is 0 Å². The molecule has 0 bridgehead atoms. The number of likely N-dealkylation sites (tertiary alicyclic amines) is 1. The molecule has 1 fully saturated rings. The van der Waals surface area contributed by atoms with Gasteiger partial charge in [-0.3, -0.25) is 9.48 Å². The number of amides is 1. The van der Waals surface area contributed by atoms with Gasteiger partial charge < -0.3 is 10.6 Å². The molecule has 1 atom stereocenters. The van der Waals surface area contributed by atoms with Crippen LogP contribution in [-0.2, 0) is 6.54 Å². The van der Waals surface area contributed by atoms with Crippen LogP contribution in [0.4, 0.5) is 5.82 Å². The molecule has 5 heteroatoms. The van der Waals surface area contributed by atoms with Gasteiger partial charge in [0.1, 0.15) is 11.5 Å². The van der Waals surface area contributed by atoms with Crippen molar-refractivity contribution < 1.29 is 4.79 Å². The van der Waals surface area contributed by atoms with Crippen LogP contribution in [0.1, 0.15) is 50.0 Å². The second kappa shape index (κ2) is 5.42. The number of hydrogen-bond donors (Lipinski definition) is 1. The van der Waals surface area contributed by atoms with Crippen LogP contribution in [0.25, 0.3) is 0 Å². The number of anilines is 1. The van der Waals surface area contributed by atoms with Crippen molar-refractivity contribution in [2.24, 2.45) is 0 Å². The van der Waals surface area contributed by atoms with Crippen molar-refractivity contribution >= 4 is 11.7 Å². The van der Waals surface area contributed by atoms with Crippen LogP contribution < -0.4 is 5.73 Å². The Labute approximate surface area is 108 Å². The molecular weight excluding hydrogens is 228 g/mol. The molecule has 100 valence electrons. The molecule has 1 saturated heterocycles. The molecule has 0 aliphatic carbocycles. The maximum absolute atomic E-state index is 12.6. The number of carbonyl (C=O) groups is 1. The van der Waals surface area contributed by atoms with Crippen LogP contribution in [0.5, 0.6) is 0 Å². The van der Waals surface area contributed by atoms with Gasteiger partial charge >= 0.3 is 0 Å². The van der Waals surface area contributed by atoms with E-state index in [1.165, 1.54) is 6.42 Å². The highest BCUT2D eigenvalue weighted by Crippen LogP contribution is 2.22. The fraction of sp³-hybridized carbons (Fsp3) is 0.692. The molecule has 0 unspecified atom stereocenters. The van der Waals surface area contributed by atoms with Gasteiger partial charge in [0.25, 0.3) is 5.91 Å². The predicted octanol–water partition coefficient (Wildman–Crippen LogP) is 1.89. The highest BCUT2D eigenvalue weighted by molar-refractivity contribution is 5.93. The number of nitrogens with zero attached hydrogens (tertiary/aromatic N) is 3. The fourth-order valence-electron chi connectivity index (χ4n) is 2.69. The van der Waals surface area contributed by atoms with E-state index in [9.17, 15) is 4.79 Å². The summed E-state index contributed by atoms with van der Waals surface area (Å²) in [6.45, 7) is 5.63. The molecule has 1 aliphatic heterocycles. The lowest BCUT2D eigenvalue weighted by atomic mass is 9.99. The largest absolute Gasteiger partial charge is 0.382 e. The number of nitrogen functional groups attached to an aromatic ring is 1. The molecule has 1 aromatic rings. The monoisotopic (exact) mass is 250 g/mol.